The van der Waals surface area contributed by atoms with Gasteiger partial charge in [0.25, 0.3) is 0 Å². The Balaban J connectivity index is 2.59. The number of aromatic nitrogens is 1. The van der Waals surface area contributed by atoms with Gasteiger partial charge in [0.1, 0.15) is 5.82 Å². The average Bonchev–Trinajstić information content (AvgIpc) is 2.23. The Morgan fingerprint density at radius 3 is 2.82 bits per heavy atom. The molecule has 1 rings (SSSR count). The molecule has 17 heavy (non-hydrogen) atoms. The van der Waals surface area contributed by atoms with Crippen LogP contribution in [0, 0.1) is 6.92 Å². The van der Waals surface area contributed by atoms with Crippen LogP contribution in [-0.2, 0) is 10.8 Å². The Morgan fingerprint density at radius 1 is 1.53 bits per heavy atom. The lowest BCUT2D eigenvalue weighted by molar-refractivity contribution is 0.0696. The topological polar surface area (TPSA) is 79.3 Å². The smallest absolute Gasteiger partial charge is 0.335 e. The number of hydrogen-bond donors (Lipinski definition) is 2. The number of carboxylic acids is 1. The van der Waals surface area contributed by atoms with E-state index in [1.54, 1.807) is 13.2 Å². The van der Waals surface area contributed by atoms with Crippen molar-refractivity contribution in [3.63, 3.8) is 0 Å². The van der Waals surface area contributed by atoms with E-state index in [1.807, 2.05) is 0 Å². The Kier molecular flexibility index (Phi) is 5.09. The molecule has 0 aliphatic heterocycles. The third-order valence-electron chi connectivity index (χ3n) is 2.12. The molecule has 2 N–H and O–H groups in total. The van der Waals surface area contributed by atoms with Crippen LogP contribution in [0.15, 0.2) is 12.1 Å². The molecule has 0 amide bonds. The van der Waals surface area contributed by atoms with Gasteiger partial charge in [0.2, 0.25) is 0 Å². The summed E-state index contributed by atoms with van der Waals surface area (Å²) >= 11 is 0. The van der Waals surface area contributed by atoms with E-state index in [9.17, 15) is 9.00 Å². The zero-order valence-corrected chi connectivity index (χ0v) is 10.7. The highest BCUT2D eigenvalue weighted by molar-refractivity contribution is 7.84. The highest BCUT2D eigenvalue weighted by Gasteiger charge is 2.06. The molecule has 0 aliphatic carbocycles. The summed E-state index contributed by atoms with van der Waals surface area (Å²) < 4.78 is 10.8. The van der Waals surface area contributed by atoms with Gasteiger partial charge in [-0.1, -0.05) is 0 Å². The van der Waals surface area contributed by atoms with Crippen LogP contribution in [0.2, 0.25) is 0 Å². The molecule has 0 bridgehead atoms. The summed E-state index contributed by atoms with van der Waals surface area (Å²) in [5.41, 5.74) is 0.880. The van der Waals surface area contributed by atoms with Crippen molar-refractivity contribution in [1.82, 2.24) is 4.98 Å². The first-order valence-corrected chi connectivity index (χ1v) is 6.97. The zero-order valence-electron chi connectivity index (χ0n) is 9.90. The predicted octanol–water partition coefficient (Wildman–Crippen LogP) is 1.27. The summed E-state index contributed by atoms with van der Waals surface area (Å²) in [4.78, 5) is 15.0. The molecule has 1 aromatic rings. The SMILES string of the molecule is Cc1cc(C(=O)O)cc(NCCCS(C)=O)n1. The van der Waals surface area contributed by atoms with Crippen LogP contribution in [-0.4, -0.2) is 38.8 Å². The Morgan fingerprint density at radius 2 is 2.24 bits per heavy atom. The highest BCUT2D eigenvalue weighted by Crippen LogP contribution is 2.10. The lowest BCUT2D eigenvalue weighted by atomic mass is 10.2. The first-order valence-electron chi connectivity index (χ1n) is 5.25. The van der Waals surface area contributed by atoms with Crippen LogP contribution in [0.25, 0.3) is 0 Å². The van der Waals surface area contributed by atoms with Gasteiger partial charge in [0.15, 0.2) is 0 Å². The van der Waals surface area contributed by atoms with Crippen LogP contribution >= 0.6 is 0 Å². The number of aromatic carboxylic acids is 1. The van der Waals surface area contributed by atoms with E-state index in [0.717, 1.165) is 6.42 Å². The summed E-state index contributed by atoms with van der Waals surface area (Å²) in [5.74, 6) is 0.211. The number of hydrogen-bond acceptors (Lipinski definition) is 4. The molecule has 1 heterocycles. The lowest BCUT2D eigenvalue weighted by Crippen LogP contribution is -2.09. The summed E-state index contributed by atoms with van der Waals surface area (Å²) in [6, 6.07) is 3.02. The van der Waals surface area contributed by atoms with Crippen molar-refractivity contribution in [3.05, 3.63) is 23.4 Å². The number of anilines is 1. The number of pyridine rings is 1. The number of nitrogens with one attached hydrogen (secondary N) is 1. The normalized spacial score (nSPS) is 12.1. The molecular formula is C11H16N2O3S. The molecule has 0 aliphatic rings. The van der Waals surface area contributed by atoms with E-state index in [2.05, 4.69) is 10.3 Å². The summed E-state index contributed by atoms with van der Waals surface area (Å²) in [7, 11) is -0.794. The first kappa shape index (κ1) is 13.6. The number of carboxylic acid groups (broad SMARTS) is 1. The maximum absolute atomic E-state index is 10.8. The summed E-state index contributed by atoms with van der Waals surface area (Å²) in [6.07, 6.45) is 2.43. The Bertz CT molecular complexity index is 435. The van der Waals surface area contributed by atoms with Gasteiger partial charge in [-0.15, -0.1) is 0 Å². The second-order valence-corrected chi connectivity index (χ2v) is 5.30. The fraction of sp³-hybridized carbons (Fsp3) is 0.455. The molecular weight excluding hydrogens is 240 g/mol. The molecule has 1 aromatic heterocycles. The van der Waals surface area contributed by atoms with E-state index in [0.29, 0.717) is 23.8 Å². The minimum atomic E-state index is -0.965. The molecule has 1 atom stereocenters. The van der Waals surface area contributed by atoms with Crippen molar-refractivity contribution in [2.24, 2.45) is 0 Å². The monoisotopic (exact) mass is 256 g/mol. The molecule has 6 heteroatoms. The average molecular weight is 256 g/mol. The van der Waals surface area contributed by atoms with Crippen molar-refractivity contribution >= 4 is 22.6 Å². The van der Waals surface area contributed by atoms with Gasteiger partial charge in [-0.05, 0) is 25.5 Å². The fourth-order valence-electron chi connectivity index (χ4n) is 1.37. The van der Waals surface area contributed by atoms with Crippen molar-refractivity contribution in [3.8, 4) is 0 Å². The molecule has 5 nitrogen and oxygen atoms in total. The van der Waals surface area contributed by atoms with E-state index >= 15 is 0 Å². The largest absolute Gasteiger partial charge is 0.478 e. The molecule has 0 aromatic carbocycles. The Hall–Kier alpha value is -1.43. The minimum absolute atomic E-state index is 0.221. The number of aryl methyl sites for hydroxylation is 1. The van der Waals surface area contributed by atoms with Gasteiger partial charge in [-0.3, -0.25) is 4.21 Å². The van der Waals surface area contributed by atoms with Gasteiger partial charge in [0.05, 0.1) is 5.56 Å². The molecule has 0 radical (unpaired) electrons. The molecule has 0 spiro atoms. The van der Waals surface area contributed by atoms with E-state index in [1.165, 1.54) is 12.1 Å². The van der Waals surface area contributed by atoms with Gasteiger partial charge in [-0.2, -0.15) is 0 Å². The molecule has 0 saturated heterocycles. The van der Waals surface area contributed by atoms with E-state index in [4.69, 9.17) is 5.11 Å². The van der Waals surface area contributed by atoms with Crippen LogP contribution in [0.4, 0.5) is 5.82 Å². The van der Waals surface area contributed by atoms with Crippen molar-refractivity contribution in [2.75, 3.05) is 23.9 Å². The maximum Gasteiger partial charge on any atom is 0.335 e. The molecule has 1 unspecified atom stereocenters. The van der Waals surface area contributed by atoms with Crippen LogP contribution in [0.5, 0.6) is 0 Å². The lowest BCUT2D eigenvalue weighted by Gasteiger charge is -2.07. The second kappa shape index (κ2) is 6.34. The molecule has 0 saturated carbocycles. The number of rotatable bonds is 6. The van der Waals surface area contributed by atoms with Crippen molar-refractivity contribution < 1.29 is 14.1 Å². The van der Waals surface area contributed by atoms with Crippen LogP contribution in [0.1, 0.15) is 22.5 Å². The van der Waals surface area contributed by atoms with Crippen molar-refractivity contribution in [1.29, 1.82) is 0 Å². The molecule has 94 valence electrons. The van der Waals surface area contributed by atoms with Gasteiger partial charge < -0.3 is 10.4 Å². The zero-order chi connectivity index (χ0) is 12.8. The van der Waals surface area contributed by atoms with E-state index in [-0.39, 0.29) is 5.56 Å². The number of nitrogens with zero attached hydrogens (tertiary/aromatic N) is 1. The van der Waals surface area contributed by atoms with Gasteiger partial charge in [-0.25, -0.2) is 9.78 Å². The minimum Gasteiger partial charge on any atom is -0.478 e. The second-order valence-electron chi connectivity index (χ2n) is 3.75. The Labute approximate surface area is 103 Å². The summed E-state index contributed by atoms with van der Waals surface area (Å²) in [6.45, 7) is 2.38. The first-order chi connectivity index (χ1) is 7.99. The van der Waals surface area contributed by atoms with Crippen molar-refractivity contribution in [2.45, 2.75) is 13.3 Å². The standard InChI is InChI=1S/C11H16N2O3S/c1-8-6-9(11(14)15)7-10(13-8)12-4-3-5-17(2)16/h6-7H,3-5H2,1-2H3,(H,12,13)(H,14,15). The quantitative estimate of drug-likeness (QED) is 0.749. The molecule has 0 fully saturated rings. The predicted molar refractivity (Wildman–Crippen MR) is 68.0 cm³/mol. The van der Waals surface area contributed by atoms with Gasteiger partial charge in [0, 0.05) is 35.0 Å². The number of carbonyl (C=O) groups is 1. The van der Waals surface area contributed by atoms with E-state index < -0.39 is 16.8 Å². The van der Waals surface area contributed by atoms with Crippen LogP contribution in [0.3, 0.4) is 0 Å². The van der Waals surface area contributed by atoms with Gasteiger partial charge >= 0.3 is 5.97 Å². The fourth-order valence-corrected chi connectivity index (χ4v) is 1.93. The van der Waals surface area contributed by atoms with Crippen LogP contribution < -0.4 is 5.32 Å². The highest BCUT2D eigenvalue weighted by atomic mass is 32.2. The maximum atomic E-state index is 10.8. The third kappa shape index (κ3) is 4.95. The third-order valence-corrected chi connectivity index (χ3v) is 2.98. The summed E-state index contributed by atoms with van der Waals surface area (Å²) in [5, 5.41) is 11.9.